The number of nitrogens with one attached hydrogen (secondary N) is 1. The van der Waals surface area contributed by atoms with Crippen LogP contribution in [0.3, 0.4) is 0 Å². The lowest BCUT2D eigenvalue weighted by Gasteiger charge is -2.19. The van der Waals surface area contributed by atoms with E-state index in [4.69, 9.17) is 9.97 Å². The first-order valence-corrected chi connectivity index (χ1v) is 9.00. The SMILES string of the molecule is CCc1nc(CSc2ccc(Br)cc2)nc2c1CCNC2. The molecular weight excluding hydrogens is 346 g/mol. The molecule has 3 nitrogen and oxygen atoms in total. The van der Waals surface area contributed by atoms with Gasteiger partial charge in [0.15, 0.2) is 0 Å². The van der Waals surface area contributed by atoms with Crippen molar-refractivity contribution in [1.82, 2.24) is 15.3 Å². The van der Waals surface area contributed by atoms with E-state index in [0.717, 1.165) is 42.0 Å². The van der Waals surface area contributed by atoms with Crippen molar-refractivity contribution >= 4 is 27.7 Å². The van der Waals surface area contributed by atoms with Crippen molar-refractivity contribution in [3.8, 4) is 0 Å². The smallest absolute Gasteiger partial charge is 0.139 e. The predicted molar refractivity (Wildman–Crippen MR) is 90.5 cm³/mol. The maximum absolute atomic E-state index is 4.77. The molecule has 0 bridgehead atoms. The minimum absolute atomic E-state index is 0.821. The van der Waals surface area contributed by atoms with Gasteiger partial charge in [0.2, 0.25) is 0 Å². The van der Waals surface area contributed by atoms with Gasteiger partial charge < -0.3 is 5.32 Å². The molecule has 2 heterocycles. The zero-order valence-electron chi connectivity index (χ0n) is 12.0. The zero-order chi connectivity index (χ0) is 14.7. The fourth-order valence-corrected chi connectivity index (χ4v) is 3.55. The standard InChI is InChI=1S/C16H18BrN3S/c1-2-14-13-7-8-18-9-15(13)20-16(19-14)10-21-12-5-3-11(17)4-6-12/h3-6,18H,2,7-10H2,1H3. The van der Waals surface area contributed by atoms with Crippen LogP contribution in [0.15, 0.2) is 33.6 Å². The second-order valence-corrected chi connectivity index (χ2v) is 7.00. The van der Waals surface area contributed by atoms with Crippen LogP contribution in [0.1, 0.15) is 29.7 Å². The van der Waals surface area contributed by atoms with Crippen LogP contribution >= 0.6 is 27.7 Å². The van der Waals surface area contributed by atoms with E-state index >= 15 is 0 Å². The molecule has 110 valence electrons. The lowest BCUT2D eigenvalue weighted by molar-refractivity contribution is 0.611. The Labute approximate surface area is 138 Å². The highest BCUT2D eigenvalue weighted by Gasteiger charge is 2.16. The van der Waals surface area contributed by atoms with Crippen LogP contribution in [0.5, 0.6) is 0 Å². The minimum atomic E-state index is 0.821. The van der Waals surface area contributed by atoms with E-state index < -0.39 is 0 Å². The van der Waals surface area contributed by atoms with Gasteiger partial charge in [-0.2, -0.15) is 0 Å². The number of benzene rings is 1. The Morgan fingerprint density at radius 3 is 2.81 bits per heavy atom. The highest BCUT2D eigenvalue weighted by atomic mass is 79.9. The molecule has 0 saturated heterocycles. The monoisotopic (exact) mass is 363 g/mol. The van der Waals surface area contributed by atoms with Crippen molar-refractivity contribution in [3.05, 3.63) is 51.5 Å². The number of aryl methyl sites for hydroxylation is 1. The minimum Gasteiger partial charge on any atom is -0.311 e. The third kappa shape index (κ3) is 3.65. The number of hydrogen-bond donors (Lipinski definition) is 1. The zero-order valence-corrected chi connectivity index (χ0v) is 14.4. The van der Waals surface area contributed by atoms with Gasteiger partial charge in [0.05, 0.1) is 11.4 Å². The molecule has 0 saturated carbocycles. The first-order valence-electron chi connectivity index (χ1n) is 7.23. The molecule has 0 aliphatic carbocycles. The molecule has 0 radical (unpaired) electrons. The molecule has 0 unspecified atom stereocenters. The third-order valence-electron chi connectivity index (χ3n) is 3.59. The maximum Gasteiger partial charge on any atom is 0.139 e. The van der Waals surface area contributed by atoms with Crippen molar-refractivity contribution in [3.63, 3.8) is 0 Å². The molecule has 21 heavy (non-hydrogen) atoms. The molecule has 5 heteroatoms. The Hall–Kier alpha value is -0.910. The summed E-state index contributed by atoms with van der Waals surface area (Å²) < 4.78 is 1.11. The number of hydrogen-bond acceptors (Lipinski definition) is 4. The topological polar surface area (TPSA) is 37.8 Å². The summed E-state index contributed by atoms with van der Waals surface area (Å²) in [6.07, 6.45) is 2.04. The average molecular weight is 364 g/mol. The number of thioether (sulfide) groups is 1. The molecule has 0 fully saturated rings. The van der Waals surface area contributed by atoms with E-state index in [-0.39, 0.29) is 0 Å². The van der Waals surface area contributed by atoms with Gasteiger partial charge in [0.1, 0.15) is 5.82 Å². The van der Waals surface area contributed by atoms with Gasteiger partial charge in [0.25, 0.3) is 0 Å². The van der Waals surface area contributed by atoms with E-state index in [1.165, 1.54) is 21.8 Å². The fourth-order valence-electron chi connectivity index (χ4n) is 2.53. The molecule has 0 amide bonds. The molecule has 2 aromatic rings. The molecule has 1 N–H and O–H groups in total. The second-order valence-electron chi connectivity index (χ2n) is 5.03. The van der Waals surface area contributed by atoms with Crippen LogP contribution in [-0.4, -0.2) is 16.5 Å². The third-order valence-corrected chi connectivity index (χ3v) is 5.12. The molecule has 1 aromatic carbocycles. The Morgan fingerprint density at radius 2 is 2.05 bits per heavy atom. The second kappa shape index (κ2) is 6.90. The molecular formula is C16H18BrN3S. The molecule has 0 spiro atoms. The predicted octanol–water partition coefficient (Wildman–Crippen LogP) is 3.74. The lowest BCUT2D eigenvalue weighted by Crippen LogP contribution is -2.27. The molecule has 1 aliphatic heterocycles. The number of halogens is 1. The Kier molecular flexibility index (Phi) is 4.93. The summed E-state index contributed by atoms with van der Waals surface area (Å²) >= 11 is 5.25. The number of fused-ring (bicyclic) bond motifs is 1. The van der Waals surface area contributed by atoms with Crippen molar-refractivity contribution in [2.45, 2.75) is 37.0 Å². The largest absolute Gasteiger partial charge is 0.311 e. The summed E-state index contributed by atoms with van der Waals surface area (Å²) in [6.45, 7) is 4.09. The fraction of sp³-hybridized carbons (Fsp3) is 0.375. The van der Waals surface area contributed by atoms with Crippen LogP contribution in [0.4, 0.5) is 0 Å². The normalized spacial score (nSPS) is 14.0. The summed E-state index contributed by atoms with van der Waals surface area (Å²) in [4.78, 5) is 10.8. The van der Waals surface area contributed by atoms with Gasteiger partial charge in [-0.05, 0) is 49.2 Å². The molecule has 0 atom stereocenters. The average Bonchev–Trinajstić information content (AvgIpc) is 2.53. The highest BCUT2D eigenvalue weighted by molar-refractivity contribution is 9.10. The number of aromatic nitrogens is 2. The van der Waals surface area contributed by atoms with Gasteiger partial charge in [-0.1, -0.05) is 22.9 Å². The van der Waals surface area contributed by atoms with Gasteiger partial charge in [0, 0.05) is 21.6 Å². The van der Waals surface area contributed by atoms with Crippen LogP contribution in [0.2, 0.25) is 0 Å². The van der Waals surface area contributed by atoms with Crippen molar-refractivity contribution in [2.75, 3.05) is 6.54 Å². The number of nitrogens with zero attached hydrogens (tertiary/aromatic N) is 2. The van der Waals surface area contributed by atoms with Crippen LogP contribution in [0, 0.1) is 0 Å². The number of rotatable bonds is 4. The van der Waals surface area contributed by atoms with Crippen molar-refractivity contribution < 1.29 is 0 Å². The van der Waals surface area contributed by atoms with Crippen molar-refractivity contribution in [2.24, 2.45) is 0 Å². The van der Waals surface area contributed by atoms with Gasteiger partial charge >= 0.3 is 0 Å². The van der Waals surface area contributed by atoms with E-state index in [1.54, 1.807) is 11.8 Å². The highest BCUT2D eigenvalue weighted by Crippen LogP contribution is 2.24. The van der Waals surface area contributed by atoms with Crippen LogP contribution in [-0.2, 0) is 25.1 Å². The van der Waals surface area contributed by atoms with Gasteiger partial charge in [-0.3, -0.25) is 0 Å². The summed E-state index contributed by atoms with van der Waals surface area (Å²) in [7, 11) is 0. The molecule has 1 aliphatic rings. The molecule has 3 rings (SSSR count). The van der Waals surface area contributed by atoms with Crippen LogP contribution in [0.25, 0.3) is 0 Å². The summed E-state index contributed by atoms with van der Waals surface area (Å²) in [6, 6.07) is 8.37. The summed E-state index contributed by atoms with van der Waals surface area (Å²) in [5.41, 5.74) is 3.79. The first-order chi connectivity index (χ1) is 10.3. The van der Waals surface area contributed by atoms with Gasteiger partial charge in [-0.25, -0.2) is 9.97 Å². The van der Waals surface area contributed by atoms with E-state index in [1.807, 2.05) is 0 Å². The maximum atomic E-state index is 4.77. The van der Waals surface area contributed by atoms with Crippen LogP contribution < -0.4 is 5.32 Å². The quantitative estimate of drug-likeness (QED) is 0.839. The van der Waals surface area contributed by atoms with E-state index in [2.05, 4.69) is 52.4 Å². The van der Waals surface area contributed by atoms with Gasteiger partial charge in [-0.15, -0.1) is 11.8 Å². The summed E-state index contributed by atoms with van der Waals surface area (Å²) in [5, 5.41) is 3.40. The van der Waals surface area contributed by atoms with E-state index in [0.29, 0.717) is 0 Å². The lowest BCUT2D eigenvalue weighted by atomic mass is 10.0. The Balaban J connectivity index is 1.77. The van der Waals surface area contributed by atoms with Crippen molar-refractivity contribution in [1.29, 1.82) is 0 Å². The Morgan fingerprint density at radius 1 is 1.24 bits per heavy atom. The molecule has 1 aromatic heterocycles. The van der Waals surface area contributed by atoms with E-state index in [9.17, 15) is 0 Å². The summed E-state index contributed by atoms with van der Waals surface area (Å²) in [5.74, 6) is 1.77. The first kappa shape index (κ1) is 15.0. The Bertz CT molecular complexity index is 611.